The Hall–Kier alpha value is -1.92. The van der Waals surface area contributed by atoms with E-state index in [2.05, 4.69) is 11.0 Å². The lowest BCUT2D eigenvalue weighted by Crippen LogP contribution is -2.32. The van der Waals surface area contributed by atoms with Crippen LogP contribution in [0.5, 0.6) is 5.75 Å². The molecule has 2 amide bonds. The third-order valence-corrected chi connectivity index (χ3v) is 4.90. The van der Waals surface area contributed by atoms with Crippen molar-refractivity contribution in [2.24, 2.45) is 11.8 Å². The zero-order chi connectivity index (χ0) is 17.3. The monoisotopic (exact) mass is 332 g/mol. The van der Waals surface area contributed by atoms with E-state index in [1.165, 1.54) is 4.90 Å². The number of imide groups is 1. The summed E-state index contributed by atoms with van der Waals surface area (Å²) in [6.45, 7) is 5.14. The molecule has 24 heavy (non-hydrogen) atoms. The number of methoxy groups -OCH3 is 1. The van der Waals surface area contributed by atoms with E-state index in [4.69, 9.17) is 9.47 Å². The maximum atomic E-state index is 12.1. The van der Waals surface area contributed by atoms with Crippen molar-refractivity contribution in [1.29, 1.82) is 0 Å². The Morgan fingerprint density at radius 1 is 1.17 bits per heavy atom. The quantitative estimate of drug-likeness (QED) is 0.735. The second-order valence-electron chi connectivity index (χ2n) is 6.43. The maximum absolute atomic E-state index is 12.1. The van der Waals surface area contributed by atoms with Crippen molar-refractivity contribution >= 4 is 11.8 Å². The van der Waals surface area contributed by atoms with E-state index < -0.39 is 0 Å². The van der Waals surface area contributed by atoms with Crippen LogP contribution >= 0.6 is 0 Å². The highest BCUT2D eigenvalue weighted by Crippen LogP contribution is 2.33. The smallest absolute Gasteiger partial charge is 0.234 e. The van der Waals surface area contributed by atoms with Crippen LogP contribution in [0.2, 0.25) is 0 Å². The molecule has 0 radical (unpaired) electrons. The molecule has 1 aromatic carbocycles. The van der Waals surface area contributed by atoms with Gasteiger partial charge in [-0.15, -0.1) is 0 Å². The SMILES string of the molecule is CCOCc1cc(CN2C[C@@H]3C(=O)N(C)C(=O)[C@@H]3C2)ccc1OC. The van der Waals surface area contributed by atoms with Crippen LogP contribution in [0, 0.1) is 11.8 Å². The van der Waals surface area contributed by atoms with Gasteiger partial charge in [0.15, 0.2) is 0 Å². The molecule has 2 heterocycles. The number of likely N-dealkylation sites (tertiary alicyclic amines) is 2. The van der Waals surface area contributed by atoms with Gasteiger partial charge in [-0.3, -0.25) is 19.4 Å². The number of fused-ring (bicyclic) bond motifs is 1. The zero-order valence-corrected chi connectivity index (χ0v) is 14.4. The highest BCUT2D eigenvalue weighted by atomic mass is 16.5. The van der Waals surface area contributed by atoms with Crippen molar-refractivity contribution in [3.63, 3.8) is 0 Å². The van der Waals surface area contributed by atoms with Crippen molar-refractivity contribution in [3.05, 3.63) is 29.3 Å². The second kappa shape index (κ2) is 6.91. The van der Waals surface area contributed by atoms with E-state index in [9.17, 15) is 9.59 Å². The van der Waals surface area contributed by atoms with Crippen molar-refractivity contribution in [3.8, 4) is 5.75 Å². The Morgan fingerprint density at radius 2 is 1.83 bits per heavy atom. The van der Waals surface area contributed by atoms with Gasteiger partial charge in [-0.25, -0.2) is 0 Å². The standard InChI is InChI=1S/C18H24N2O4/c1-4-24-11-13-7-12(5-6-16(13)23-3)8-20-9-14-15(10-20)18(22)19(2)17(14)21/h5-7,14-15H,4,8-11H2,1-3H3/t14-,15+. The first kappa shape index (κ1) is 16.9. The lowest BCUT2D eigenvalue weighted by molar-refractivity contribution is -0.138. The molecule has 6 heteroatoms. The van der Waals surface area contributed by atoms with E-state index >= 15 is 0 Å². The van der Waals surface area contributed by atoms with Crippen LogP contribution < -0.4 is 4.74 Å². The number of hydrogen-bond acceptors (Lipinski definition) is 5. The molecule has 0 bridgehead atoms. The van der Waals surface area contributed by atoms with Crippen molar-refractivity contribution < 1.29 is 19.1 Å². The van der Waals surface area contributed by atoms with Crippen LogP contribution in [0.25, 0.3) is 0 Å². The van der Waals surface area contributed by atoms with Gasteiger partial charge >= 0.3 is 0 Å². The van der Waals surface area contributed by atoms with Crippen LogP contribution in [-0.2, 0) is 27.5 Å². The average Bonchev–Trinajstić information content (AvgIpc) is 3.08. The zero-order valence-electron chi connectivity index (χ0n) is 14.4. The van der Waals surface area contributed by atoms with Crippen LogP contribution in [0.15, 0.2) is 18.2 Å². The fourth-order valence-electron chi connectivity index (χ4n) is 3.63. The van der Waals surface area contributed by atoms with Gasteiger partial charge in [0.2, 0.25) is 11.8 Å². The maximum Gasteiger partial charge on any atom is 0.234 e. The lowest BCUT2D eigenvalue weighted by atomic mass is 10.00. The summed E-state index contributed by atoms with van der Waals surface area (Å²) in [5.41, 5.74) is 2.15. The molecule has 2 aliphatic rings. The molecular weight excluding hydrogens is 308 g/mol. The molecule has 0 aromatic heterocycles. The molecule has 0 aliphatic carbocycles. The third kappa shape index (κ3) is 3.03. The molecular formula is C18H24N2O4. The fourth-order valence-corrected chi connectivity index (χ4v) is 3.63. The van der Waals surface area contributed by atoms with E-state index in [0.717, 1.165) is 23.4 Å². The molecule has 130 valence electrons. The Kier molecular flexibility index (Phi) is 4.87. The van der Waals surface area contributed by atoms with E-state index in [-0.39, 0.29) is 23.7 Å². The van der Waals surface area contributed by atoms with Crippen molar-refractivity contribution in [2.45, 2.75) is 20.1 Å². The van der Waals surface area contributed by atoms with Gasteiger partial charge < -0.3 is 9.47 Å². The van der Waals surface area contributed by atoms with Crippen molar-refractivity contribution in [2.75, 3.05) is 33.9 Å². The Balaban J connectivity index is 1.69. The average molecular weight is 332 g/mol. The minimum absolute atomic E-state index is 0.0423. The number of ether oxygens (including phenoxy) is 2. The number of carbonyl (C=O) groups is 2. The third-order valence-electron chi connectivity index (χ3n) is 4.90. The molecule has 0 spiro atoms. The normalized spacial score (nSPS) is 23.9. The van der Waals surface area contributed by atoms with Crippen LogP contribution in [0.1, 0.15) is 18.1 Å². The topological polar surface area (TPSA) is 59.1 Å². The number of hydrogen-bond donors (Lipinski definition) is 0. The fraction of sp³-hybridized carbons (Fsp3) is 0.556. The van der Waals surface area contributed by atoms with Gasteiger partial charge in [0.05, 0.1) is 25.6 Å². The molecule has 6 nitrogen and oxygen atoms in total. The largest absolute Gasteiger partial charge is 0.496 e. The van der Waals surface area contributed by atoms with Gasteiger partial charge in [-0.2, -0.15) is 0 Å². The lowest BCUT2D eigenvalue weighted by Gasteiger charge is -2.19. The Morgan fingerprint density at radius 3 is 2.42 bits per heavy atom. The number of benzene rings is 1. The number of amides is 2. The summed E-state index contributed by atoms with van der Waals surface area (Å²) >= 11 is 0. The Bertz CT molecular complexity index is 622. The molecule has 2 aliphatic heterocycles. The Labute approximate surface area is 142 Å². The van der Waals surface area contributed by atoms with Crippen LogP contribution in [0.3, 0.4) is 0 Å². The summed E-state index contributed by atoms with van der Waals surface area (Å²) < 4.78 is 10.9. The first-order valence-corrected chi connectivity index (χ1v) is 8.32. The van der Waals surface area contributed by atoms with Gasteiger partial charge in [-0.1, -0.05) is 6.07 Å². The van der Waals surface area contributed by atoms with Gasteiger partial charge in [0.1, 0.15) is 5.75 Å². The molecule has 2 fully saturated rings. The summed E-state index contributed by atoms with van der Waals surface area (Å²) in [7, 11) is 3.23. The molecule has 0 unspecified atom stereocenters. The molecule has 1 aromatic rings. The number of rotatable bonds is 6. The number of nitrogens with zero attached hydrogens (tertiary/aromatic N) is 2. The summed E-state index contributed by atoms with van der Waals surface area (Å²) in [6.07, 6.45) is 0. The van der Waals surface area contributed by atoms with E-state index in [1.54, 1.807) is 14.2 Å². The van der Waals surface area contributed by atoms with Gasteiger partial charge in [0.25, 0.3) is 0 Å². The van der Waals surface area contributed by atoms with Crippen molar-refractivity contribution in [1.82, 2.24) is 9.80 Å². The molecule has 3 rings (SSSR count). The van der Waals surface area contributed by atoms with Gasteiger partial charge in [-0.05, 0) is 24.6 Å². The summed E-state index contributed by atoms with van der Waals surface area (Å²) in [4.78, 5) is 27.7. The highest BCUT2D eigenvalue weighted by molar-refractivity contribution is 6.05. The molecule has 0 saturated carbocycles. The predicted octanol–water partition coefficient (Wildman–Crippen LogP) is 1.28. The van der Waals surface area contributed by atoms with E-state index in [1.807, 2.05) is 19.1 Å². The number of carbonyl (C=O) groups excluding carboxylic acids is 2. The molecule has 2 atom stereocenters. The van der Waals surface area contributed by atoms with Crippen LogP contribution in [-0.4, -0.2) is 55.5 Å². The van der Waals surface area contributed by atoms with E-state index in [0.29, 0.717) is 26.3 Å². The second-order valence-corrected chi connectivity index (χ2v) is 6.43. The highest BCUT2D eigenvalue weighted by Gasteiger charge is 2.50. The van der Waals surface area contributed by atoms with Gasteiger partial charge in [0, 0.05) is 38.9 Å². The first-order valence-electron chi connectivity index (χ1n) is 8.32. The molecule has 2 saturated heterocycles. The minimum atomic E-state index is -0.177. The van der Waals surface area contributed by atoms with Crippen LogP contribution in [0.4, 0.5) is 0 Å². The molecule has 0 N–H and O–H groups in total. The first-order chi connectivity index (χ1) is 11.5. The predicted molar refractivity (Wildman–Crippen MR) is 88.4 cm³/mol. The minimum Gasteiger partial charge on any atom is -0.496 e. The summed E-state index contributed by atoms with van der Waals surface area (Å²) in [5.74, 6) is 0.378. The summed E-state index contributed by atoms with van der Waals surface area (Å²) in [6, 6.07) is 6.06. The summed E-state index contributed by atoms with van der Waals surface area (Å²) in [5, 5.41) is 0.